The van der Waals surface area contributed by atoms with E-state index < -0.39 is 14.1 Å². The summed E-state index contributed by atoms with van der Waals surface area (Å²) in [7, 11) is -1.98. The molecular formula is C18H25Cl2FN4O2Si. The first kappa shape index (κ1) is 21.6. The molecule has 0 saturated carbocycles. The van der Waals surface area contributed by atoms with Gasteiger partial charge in [0.2, 0.25) is 5.28 Å². The highest BCUT2D eigenvalue weighted by Crippen LogP contribution is 2.38. The van der Waals surface area contributed by atoms with Crippen LogP contribution in [0, 0.1) is 5.82 Å². The van der Waals surface area contributed by atoms with E-state index in [1.54, 1.807) is 0 Å². The molecule has 154 valence electrons. The van der Waals surface area contributed by atoms with Crippen LogP contribution in [0.15, 0.2) is 6.20 Å². The third-order valence-corrected chi connectivity index (χ3v) is 10.4. The normalized spacial score (nSPS) is 19.1. The molecule has 1 aliphatic heterocycles. The highest BCUT2D eigenvalue weighted by atomic mass is 35.5. The molecule has 0 amide bonds. The van der Waals surface area contributed by atoms with Gasteiger partial charge in [0.1, 0.15) is 11.3 Å². The number of nitrogens with zero attached hydrogens (tertiary/aromatic N) is 4. The number of hydrogen-bond donors (Lipinski definition) is 0. The largest absolute Gasteiger partial charge is 0.410 e. The summed E-state index contributed by atoms with van der Waals surface area (Å²) in [6, 6.07) is 0. The molecule has 0 spiro atoms. The molecule has 3 rings (SSSR count). The van der Waals surface area contributed by atoms with Gasteiger partial charge in [-0.2, -0.15) is 4.98 Å². The van der Waals surface area contributed by atoms with E-state index in [1.807, 2.05) is 4.90 Å². The zero-order chi connectivity index (χ0) is 20.7. The zero-order valence-electron chi connectivity index (χ0n) is 16.7. The highest BCUT2D eigenvalue weighted by Gasteiger charge is 2.40. The van der Waals surface area contributed by atoms with Gasteiger partial charge < -0.3 is 14.1 Å². The number of hydrogen-bond acceptors (Lipinski definition) is 6. The van der Waals surface area contributed by atoms with Crippen molar-refractivity contribution in [3.8, 4) is 0 Å². The fraction of sp³-hybridized carbons (Fsp3) is 0.611. The van der Waals surface area contributed by atoms with Crippen molar-refractivity contribution in [3.05, 3.63) is 22.5 Å². The van der Waals surface area contributed by atoms with Gasteiger partial charge in [0.25, 0.3) is 0 Å². The molecule has 3 heterocycles. The van der Waals surface area contributed by atoms with Crippen LogP contribution >= 0.6 is 23.2 Å². The van der Waals surface area contributed by atoms with Crippen LogP contribution in [0.1, 0.15) is 20.8 Å². The molecule has 0 aliphatic carbocycles. The van der Waals surface area contributed by atoms with Gasteiger partial charge in [0, 0.05) is 19.3 Å². The first-order valence-electron chi connectivity index (χ1n) is 9.17. The van der Waals surface area contributed by atoms with Crippen molar-refractivity contribution in [3.63, 3.8) is 0 Å². The average molecular weight is 447 g/mol. The summed E-state index contributed by atoms with van der Waals surface area (Å²) in [6.07, 6.45) is 1.35. The SMILES string of the molecule is CC(C)(C)[Si](C)(C)OC1COCCN(c2nc(Cl)nc3c(F)c(Cl)ncc23)C1. The Morgan fingerprint density at radius 2 is 2.00 bits per heavy atom. The fourth-order valence-corrected chi connectivity index (χ4v) is 4.50. The predicted octanol–water partition coefficient (Wildman–Crippen LogP) is 4.70. The van der Waals surface area contributed by atoms with Crippen LogP contribution < -0.4 is 4.90 Å². The topological polar surface area (TPSA) is 60.4 Å². The molecule has 28 heavy (non-hydrogen) atoms. The maximum Gasteiger partial charge on any atom is 0.225 e. The summed E-state index contributed by atoms with van der Waals surface area (Å²) in [6.45, 7) is 13.1. The minimum Gasteiger partial charge on any atom is -0.410 e. The van der Waals surface area contributed by atoms with Gasteiger partial charge in [-0.1, -0.05) is 32.4 Å². The number of ether oxygens (including phenoxy) is 1. The van der Waals surface area contributed by atoms with Gasteiger partial charge in [-0.15, -0.1) is 0 Å². The molecule has 0 radical (unpaired) electrons. The molecule has 1 atom stereocenters. The lowest BCUT2D eigenvalue weighted by molar-refractivity contribution is 0.0655. The van der Waals surface area contributed by atoms with E-state index in [1.165, 1.54) is 6.20 Å². The Labute approximate surface area is 175 Å². The molecule has 1 unspecified atom stereocenters. The van der Waals surface area contributed by atoms with Crippen LogP contribution in [0.2, 0.25) is 28.6 Å². The average Bonchev–Trinajstić information content (AvgIpc) is 2.82. The number of anilines is 1. The summed E-state index contributed by atoms with van der Waals surface area (Å²) in [4.78, 5) is 14.3. The van der Waals surface area contributed by atoms with Crippen molar-refractivity contribution in [2.24, 2.45) is 0 Å². The Balaban J connectivity index is 1.96. The molecule has 10 heteroatoms. The van der Waals surface area contributed by atoms with E-state index in [0.717, 1.165) is 0 Å². The molecule has 0 aromatic carbocycles. The van der Waals surface area contributed by atoms with Crippen molar-refractivity contribution in [1.82, 2.24) is 15.0 Å². The Hall–Kier alpha value is -1.06. The van der Waals surface area contributed by atoms with E-state index >= 15 is 0 Å². The molecule has 1 aliphatic rings. The second kappa shape index (κ2) is 7.99. The third-order valence-electron chi connectivity index (χ3n) is 5.39. The third kappa shape index (κ3) is 4.41. The Bertz CT molecular complexity index is 879. The fourth-order valence-electron chi connectivity index (χ4n) is 2.87. The van der Waals surface area contributed by atoms with Gasteiger partial charge in [-0.05, 0) is 29.7 Å². The molecule has 2 aromatic rings. The van der Waals surface area contributed by atoms with Gasteiger partial charge in [0.05, 0.1) is 24.7 Å². The quantitative estimate of drug-likeness (QED) is 0.386. The van der Waals surface area contributed by atoms with Crippen molar-refractivity contribution in [2.75, 3.05) is 31.2 Å². The summed E-state index contributed by atoms with van der Waals surface area (Å²) >= 11 is 11.9. The van der Waals surface area contributed by atoms with E-state index in [-0.39, 0.29) is 27.1 Å². The number of halogens is 3. The number of rotatable bonds is 3. The van der Waals surface area contributed by atoms with Crippen molar-refractivity contribution in [2.45, 2.75) is 45.0 Å². The maximum atomic E-state index is 14.4. The molecule has 1 saturated heterocycles. The molecular weight excluding hydrogens is 422 g/mol. The lowest BCUT2D eigenvalue weighted by atomic mass is 10.2. The Morgan fingerprint density at radius 1 is 1.29 bits per heavy atom. The molecule has 6 nitrogen and oxygen atoms in total. The van der Waals surface area contributed by atoms with E-state index in [4.69, 9.17) is 32.4 Å². The predicted molar refractivity (Wildman–Crippen MR) is 112 cm³/mol. The molecule has 0 bridgehead atoms. The smallest absolute Gasteiger partial charge is 0.225 e. The molecule has 1 fully saturated rings. The maximum absolute atomic E-state index is 14.4. The standard InChI is InChI=1S/C18H25Cl2FN4O2Si/c1-18(2,3)28(4,5)27-11-9-25(6-7-26-10-11)16-12-8-22-15(19)13(21)14(12)23-17(20)24-16/h8,11H,6-7,9-10H2,1-5H3. The summed E-state index contributed by atoms with van der Waals surface area (Å²) in [5.41, 5.74) is 0.0574. The van der Waals surface area contributed by atoms with Gasteiger partial charge in [-0.25, -0.2) is 14.4 Å². The van der Waals surface area contributed by atoms with Gasteiger partial charge >= 0.3 is 0 Å². The van der Waals surface area contributed by atoms with Gasteiger partial charge in [-0.3, -0.25) is 0 Å². The van der Waals surface area contributed by atoms with E-state index in [0.29, 0.717) is 37.5 Å². The second-order valence-corrected chi connectivity index (χ2v) is 13.9. The van der Waals surface area contributed by atoms with Crippen LogP contribution in [0.25, 0.3) is 10.9 Å². The minimum atomic E-state index is -1.98. The number of fused-ring (bicyclic) bond motifs is 1. The zero-order valence-corrected chi connectivity index (χ0v) is 19.2. The highest BCUT2D eigenvalue weighted by molar-refractivity contribution is 6.74. The first-order valence-corrected chi connectivity index (χ1v) is 12.8. The van der Waals surface area contributed by atoms with E-state index in [9.17, 15) is 4.39 Å². The Morgan fingerprint density at radius 3 is 2.68 bits per heavy atom. The van der Waals surface area contributed by atoms with Crippen LogP contribution in [0.5, 0.6) is 0 Å². The van der Waals surface area contributed by atoms with Crippen LogP contribution in [-0.4, -0.2) is 55.7 Å². The lowest BCUT2D eigenvalue weighted by Crippen LogP contribution is -2.47. The minimum absolute atomic E-state index is 0.0457. The van der Waals surface area contributed by atoms with Gasteiger partial charge in [0.15, 0.2) is 19.3 Å². The van der Waals surface area contributed by atoms with Crippen molar-refractivity contribution >= 4 is 48.2 Å². The van der Waals surface area contributed by atoms with E-state index in [2.05, 4.69) is 48.8 Å². The van der Waals surface area contributed by atoms with Crippen LogP contribution in [0.3, 0.4) is 0 Å². The lowest BCUT2D eigenvalue weighted by Gasteiger charge is -2.39. The summed E-state index contributed by atoms with van der Waals surface area (Å²) < 4.78 is 26.7. The first-order chi connectivity index (χ1) is 13.0. The molecule has 2 aromatic heterocycles. The van der Waals surface area contributed by atoms with Crippen molar-refractivity contribution < 1.29 is 13.6 Å². The number of aromatic nitrogens is 3. The van der Waals surface area contributed by atoms with Crippen molar-refractivity contribution in [1.29, 1.82) is 0 Å². The Kier molecular flexibility index (Phi) is 6.17. The summed E-state index contributed by atoms with van der Waals surface area (Å²) in [5, 5.41) is 0.250. The number of pyridine rings is 1. The second-order valence-electron chi connectivity index (χ2n) is 8.46. The molecule has 0 N–H and O–H groups in total. The monoisotopic (exact) mass is 446 g/mol. The van der Waals surface area contributed by atoms with Crippen LogP contribution in [0.4, 0.5) is 10.2 Å². The van der Waals surface area contributed by atoms with Crippen LogP contribution in [-0.2, 0) is 9.16 Å². The summed E-state index contributed by atoms with van der Waals surface area (Å²) in [5.74, 6) is -0.197.